The van der Waals surface area contributed by atoms with E-state index >= 15 is 0 Å². The number of nitrogens with one attached hydrogen (secondary N) is 1. The van der Waals surface area contributed by atoms with Crippen LogP contribution in [-0.2, 0) is 0 Å². The van der Waals surface area contributed by atoms with E-state index in [1.54, 1.807) is 13.0 Å². The maximum absolute atomic E-state index is 14.2. The summed E-state index contributed by atoms with van der Waals surface area (Å²) in [5, 5.41) is 5.79. The van der Waals surface area contributed by atoms with Crippen LogP contribution in [-0.4, -0.2) is 80.7 Å². The van der Waals surface area contributed by atoms with E-state index in [1.165, 1.54) is 29.2 Å². The maximum Gasteiger partial charge on any atom is 0.219 e. The van der Waals surface area contributed by atoms with Crippen molar-refractivity contribution < 1.29 is 23.0 Å². The van der Waals surface area contributed by atoms with Gasteiger partial charge < -0.3 is 25.1 Å². The van der Waals surface area contributed by atoms with Crippen LogP contribution in [0.2, 0.25) is 5.02 Å². The molecule has 5 heterocycles. The number of likely N-dealkylation sites (tertiary alicyclic amines) is 2. The second-order valence-electron chi connectivity index (χ2n) is 13.7. The van der Waals surface area contributed by atoms with Crippen LogP contribution in [0.5, 0.6) is 11.6 Å². The van der Waals surface area contributed by atoms with Crippen molar-refractivity contribution in [3.05, 3.63) is 106 Å². The van der Waals surface area contributed by atoms with E-state index < -0.39 is 17.4 Å². The standard InChI is InChI=1S/C39H38ClF2N7O3/c1-22-14-36(52-38-30(41)8-5-9-31(38)42)44-19-34(22)49-39(43)28(18-45-49)37(50)33-15-23-16-35(27(17-32(23)46-33)26-6-3-4-7-29(26)40)51-25-10-12-48(13-11-25)24-20-47(2)21-24/h3-4,6-8,14-19,24-25,46H,5,9-13,20-21,43H2,1-2H3. The van der Waals surface area contributed by atoms with Crippen LogP contribution in [0.1, 0.15) is 47.3 Å². The Bertz CT molecular complexity index is 2250. The highest BCUT2D eigenvalue weighted by molar-refractivity contribution is 6.33. The average Bonchev–Trinajstić information content (AvgIpc) is 3.71. The van der Waals surface area contributed by atoms with Gasteiger partial charge >= 0.3 is 0 Å². The van der Waals surface area contributed by atoms with E-state index in [4.69, 9.17) is 26.8 Å². The van der Waals surface area contributed by atoms with Gasteiger partial charge in [-0.25, -0.2) is 18.4 Å². The first-order valence-electron chi connectivity index (χ1n) is 17.4. The molecule has 268 valence electrons. The average molecular weight is 726 g/mol. The van der Waals surface area contributed by atoms with Crippen molar-refractivity contribution in [2.24, 2.45) is 0 Å². The molecule has 3 aromatic heterocycles. The fourth-order valence-corrected chi connectivity index (χ4v) is 7.48. The number of ether oxygens (including phenoxy) is 2. The Morgan fingerprint density at radius 1 is 1.06 bits per heavy atom. The predicted molar refractivity (Wildman–Crippen MR) is 196 cm³/mol. The number of aromatic amines is 1. The van der Waals surface area contributed by atoms with Gasteiger partial charge in [0.25, 0.3) is 0 Å². The number of carbonyl (C=O) groups is 1. The maximum atomic E-state index is 14.2. The van der Waals surface area contributed by atoms with Crippen LogP contribution < -0.4 is 15.2 Å². The lowest BCUT2D eigenvalue weighted by Crippen LogP contribution is -2.59. The Hall–Kier alpha value is -5.04. The molecule has 52 heavy (non-hydrogen) atoms. The number of allylic oxidation sites excluding steroid dienone is 3. The summed E-state index contributed by atoms with van der Waals surface area (Å²) in [5.74, 6) is -1.40. The van der Waals surface area contributed by atoms with Crippen LogP contribution in [0.4, 0.5) is 14.6 Å². The predicted octanol–water partition coefficient (Wildman–Crippen LogP) is 7.55. The zero-order valence-corrected chi connectivity index (χ0v) is 29.6. The second kappa shape index (κ2) is 13.8. The molecule has 0 spiro atoms. The van der Waals surface area contributed by atoms with Crippen LogP contribution in [0, 0.1) is 6.92 Å². The molecule has 2 aliphatic heterocycles. The first-order chi connectivity index (χ1) is 25.1. The third-order valence-electron chi connectivity index (χ3n) is 10.2. The number of anilines is 1. The van der Waals surface area contributed by atoms with E-state index in [-0.39, 0.29) is 42.0 Å². The topological polar surface area (TPSA) is 115 Å². The van der Waals surface area contributed by atoms with Gasteiger partial charge in [-0.1, -0.05) is 29.8 Å². The molecule has 5 aromatic rings. The van der Waals surface area contributed by atoms with Gasteiger partial charge in [-0.15, -0.1) is 0 Å². The number of hydrogen-bond acceptors (Lipinski definition) is 8. The quantitative estimate of drug-likeness (QED) is 0.150. The lowest BCUT2D eigenvalue weighted by molar-refractivity contribution is 0.0125. The van der Waals surface area contributed by atoms with E-state index in [0.717, 1.165) is 61.1 Å². The number of fused-ring (bicyclic) bond motifs is 1. The number of pyridine rings is 1. The minimum atomic E-state index is -0.763. The Morgan fingerprint density at radius 3 is 2.58 bits per heavy atom. The van der Waals surface area contributed by atoms with Crippen molar-refractivity contribution in [2.45, 2.75) is 44.8 Å². The molecule has 10 nitrogen and oxygen atoms in total. The molecule has 1 aliphatic carbocycles. The van der Waals surface area contributed by atoms with Crippen molar-refractivity contribution in [3.8, 4) is 28.4 Å². The van der Waals surface area contributed by atoms with Gasteiger partial charge in [0.15, 0.2) is 11.6 Å². The van der Waals surface area contributed by atoms with Crippen molar-refractivity contribution in [1.82, 2.24) is 29.5 Å². The van der Waals surface area contributed by atoms with Gasteiger partial charge in [0.1, 0.15) is 23.5 Å². The summed E-state index contributed by atoms with van der Waals surface area (Å²) in [7, 11) is 2.15. The number of rotatable bonds is 9. The SMILES string of the molecule is Cc1cc(OC2=C(F)CCC=C2F)ncc1-n1ncc(C(=O)c2cc3cc(OC4CCN(C5CN(C)C5)CC4)c(-c4ccccc4Cl)cc3[nH]2)c1N. The molecule has 2 aromatic carbocycles. The van der Waals surface area contributed by atoms with Gasteiger partial charge in [0.2, 0.25) is 11.7 Å². The van der Waals surface area contributed by atoms with Crippen LogP contribution >= 0.6 is 11.6 Å². The number of nitrogens with zero attached hydrogens (tertiary/aromatic N) is 5. The number of hydrogen-bond donors (Lipinski definition) is 2. The van der Waals surface area contributed by atoms with Gasteiger partial charge in [-0.05, 0) is 69.1 Å². The van der Waals surface area contributed by atoms with Crippen molar-refractivity contribution >= 4 is 34.1 Å². The number of aromatic nitrogens is 4. The molecular weight excluding hydrogens is 688 g/mol. The summed E-state index contributed by atoms with van der Waals surface area (Å²) in [4.78, 5) is 26.3. The molecule has 0 atom stereocenters. The number of nitrogens with two attached hydrogens (primary N) is 1. The molecule has 2 saturated heterocycles. The molecule has 0 radical (unpaired) electrons. The Morgan fingerprint density at radius 2 is 1.85 bits per heavy atom. The minimum absolute atomic E-state index is 0.0172. The summed E-state index contributed by atoms with van der Waals surface area (Å²) in [6.45, 7) is 5.97. The first-order valence-corrected chi connectivity index (χ1v) is 17.8. The molecule has 0 bridgehead atoms. The number of halogens is 3. The highest BCUT2D eigenvalue weighted by atomic mass is 35.5. The lowest BCUT2D eigenvalue weighted by atomic mass is 10.0. The molecule has 0 amide bonds. The van der Waals surface area contributed by atoms with E-state index in [1.807, 2.05) is 36.4 Å². The molecule has 3 N–H and O–H groups in total. The number of piperidine rings is 1. The minimum Gasteiger partial charge on any atom is -0.490 e. The largest absolute Gasteiger partial charge is 0.490 e. The summed E-state index contributed by atoms with van der Waals surface area (Å²) < 4.78 is 42.0. The number of ketones is 1. The Labute approximate surface area is 304 Å². The van der Waals surface area contributed by atoms with Crippen LogP contribution in [0.25, 0.3) is 27.7 Å². The molecule has 8 rings (SSSR count). The summed E-state index contributed by atoms with van der Waals surface area (Å²) in [5.41, 5.74) is 10.5. The normalized spacial score (nSPS) is 17.8. The lowest BCUT2D eigenvalue weighted by Gasteiger charge is -2.46. The molecular formula is C39H38ClF2N7O3. The molecule has 0 unspecified atom stereocenters. The van der Waals surface area contributed by atoms with Gasteiger partial charge in [-0.2, -0.15) is 5.10 Å². The summed E-state index contributed by atoms with van der Waals surface area (Å²) in [6, 6.07) is 15.5. The number of likely N-dealkylation sites (N-methyl/N-ethyl adjacent to an activating group) is 1. The van der Waals surface area contributed by atoms with Gasteiger partial charge in [-0.3, -0.25) is 9.69 Å². The van der Waals surface area contributed by atoms with E-state index in [2.05, 4.69) is 31.9 Å². The van der Waals surface area contributed by atoms with Crippen molar-refractivity contribution in [2.75, 3.05) is 39.0 Å². The van der Waals surface area contributed by atoms with Crippen molar-refractivity contribution in [3.63, 3.8) is 0 Å². The zero-order valence-electron chi connectivity index (χ0n) is 28.8. The van der Waals surface area contributed by atoms with E-state index in [9.17, 15) is 13.6 Å². The highest BCUT2D eigenvalue weighted by Gasteiger charge is 2.33. The molecule has 13 heteroatoms. The first kappa shape index (κ1) is 34.1. The number of benzene rings is 2. The zero-order chi connectivity index (χ0) is 36.1. The summed E-state index contributed by atoms with van der Waals surface area (Å²) in [6.07, 6.45) is 6.36. The number of aryl methyl sites for hydroxylation is 1. The van der Waals surface area contributed by atoms with Gasteiger partial charge in [0, 0.05) is 71.8 Å². The Balaban J connectivity index is 1.05. The fraction of sp³-hybridized carbons (Fsp3) is 0.308. The smallest absolute Gasteiger partial charge is 0.219 e. The van der Waals surface area contributed by atoms with E-state index in [0.29, 0.717) is 33.8 Å². The van der Waals surface area contributed by atoms with Crippen molar-refractivity contribution in [1.29, 1.82) is 0 Å². The number of carbonyl (C=O) groups excluding carboxylic acids is 1. The third kappa shape index (κ3) is 6.46. The Kier molecular flexibility index (Phi) is 9.06. The van der Waals surface area contributed by atoms with Gasteiger partial charge in [0.05, 0.1) is 29.3 Å². The molecule has 3 aliphatic rings. The second-order valence-corrected chi connectivity index (χ2v) is 14.2. The highest BCUT2D eigenvalue weighted by Crippen LogP contribution is 2.40. The third-order valence-corrected chi connectivity index (χ3v) is 10.5. The van der Waals surface area contributed by atoms with Crippen LogP contribution in [0.15, 0.2) is 84.4 Å². The molecule has 0 saturated carbocycles. The number of nitrogen functional groups attached to an aromatic ring is 1. The molecule has 2 fully saturated rings. The number of H-pyrrole nitrogens is 1. The summed E-state index contributed by atoms with van der Waals surface area (Å²) >= 11 is 6.69. The van der Waals surface area contributed by atoms with Crippen LogP contribution in [0.3, 0.4) is 0 Å². The fourth-order valence-electron chi connectivity index (χ4n) is 7.25. The monoisotopic (exact) mass is 725 g/mol.